The number of hydrogen-bond donors (Lipinski definition) is 0. The Hall–Kier alpha value is -0.0122. The van der Waals surface area contributed by atoms with Crippen molar-refractivity contribution in [3.63, 3.8) is 0 Å². The largest absolute Gasteiger partial charge is 0.542 e. The molecule has 27 heavy (non-hydrogen) atoms. The Morgan fingerprint density at radius 3 is 1.78 bits per heavy atom. The second-order valence-corrected chi connectivity index (χ2v) is 7.47. The summed E-state index contributed by atoms with van der Waals surface area (Å²) in [4.78, 5) is 20.6. The summed E-state index contributed by atoms with van der Waals surface area (Å²) in [7, 11) is 0. The summed E-state index contributed by atoms with van der Waals surface area (Å²) < 4.78 is 0. The number of aryl methyl sites for hydroxylation is 1. The van der Waals surface area contributed by atoms with Crippen LogP contribution >= 0.6 is 0 Å². The zero-order valence-corrected chi connectivity index (χ0v) is 22.6. The minimum atomic E-state index is -0.145. The summed E-state index contributed by atoms with van der Waals surface area (Å²) >= 11 is 0. The van der Waals surface area contributed by atoms with E-state index in [2.05, 4.69) is 18.2 Å². The molecule has 0 aliphatic rings. The molecule has 2 rings (SSSR count). The molecule has 0 N–H and O–H groups in total. The first-order valence-electron chi connectivity index (χ1n) is 8.39. The SMILES string of the molecule is CC(C)(C[C-]=O)c1[c-]cccc1.Cc1cc[c-]c(C(C)(C)C[C-]=O)c1.[Y].[Y]. The van der Waals surface area contributed by atoms with Gasteiger partial charge in [0.05, 0.1) is 0 Å². The van der Waals surface area contributed by atoms with Gasteiger partial charge in [0.25, 0.3) is 0 Å². The Kier molecular flexibility index (Phi) is 15.2. The maximum Gasteiger partial charge on any atom is 0 e. The second kappa shape index (κ2) is 14.0. The summed E-state index contributed by atoms with van der Waals surface area (Å²) in [6.07, 6.45) is 4.74. The van der Waals surface area contributed by atoms with Crippen LogP contribution in [0.1, 0.15) is 57.2 Å². The number of carbonyl (C=O) groups excluding carboxylic acids is 2. The van der Waals surface area contributed by atoms with E-state index in [-0.39, 0.29) is 76.2 Å². The molecule has 4 heteroatoms. The molecular formula is C23H26O2Y2-4. The third kappa shape index (κ3) is 10.4. The van der Waals surface area contributed by atoms with Crippen LogP contribution < -0.4 is 0 Å². The Morgan fingerprint density at radius 1 is 0.815 bits per heavy atom. The van der Waals surface area contributed by atoms with E-state index < -0.39 is 0 Å². The van der Waals surface area contributed by atoms with E-state index in [4.69, 9.17) is 0 Å². The molecule has 2 aromatic carbocycles. The zero-order chi connectivity index (χ0) is 18.9. The Balaban J connectivity index is 0. The van der Waals surface area contributed by atoms with E-state index in [9.17, 15) is 9.59 Å². The van der Waals surface area contributed by atoms with E-state index >= 15 is 0 Å². The van der Waals surface area contributed by atoms with Crippen molar-refractivity contribution in [3.05, 3.63) is 71.3 Å². The standard InChI is InChI=1S/C12H14O.C11H12O.2Y/c1-10-5-4-6-11(9-10)12(2,3)7-8-13;1-11(2,8-9-12)10-6-4-3-5-7-10;;/h4-5,9H,7H2,1-3H3;3-6H,8H2,1-2H3;;/q2*-2;;. The number of rotatable bonds is 6. The molecule has 2 aromatic rings. The molecule has 0 bridgehead atoms. The molecule has 0 fully saturated rings. The fourth-order valence-corrected chi connectivity index (χ4v) is 2.34. The van der Waals surface area contributed by atoms with Gasteiger partial charge in [-0.05, 0) is 0 Å². The summed E-state index contributed by atoms with van der Waals surface area (Å²) in [5.41, 5.74) is 3.06. The fraction of sp³-hybridized carbons (Fsp3) is 0.391. The van der Waals surface area contributed by atoms with Crippen molar-refractivity contribution >= 4 is 12.6 Å². The molecule has 0 spiro atoms. The van der Waals surface area contributed by atoms with Crippen LogP contribution in [0, 0.1) is 19.1 Å². The number of benzene rings is 2. The van der Waals surface area contributed by atoms with E-state index in [0.29, 0.717) is 12.8 Å². The first-order valence-corrected chi connectivity index (χ1v) is 8.39. The summed E-state index contributed by atoms with van der Waals surface area (Å²) in [6.45, 7) is 10.1. The van der Waals surface area contributed by atoms with Gasteiger partial charge < -0.3 is 9.59 Å². The van der Waals surface area contributed by atoms with Gasteiger partial charge in [-0.25, -0.2) is 0 Å². The molecule has 0 amide bonds. The Bertz CT molecular complexity index is 680. The van der Waals surface area contributed by atoms with E-state index in [0.717, 1.165) is 11.1 Å². The minimum Gasteiger partial charge on any atom is -0.542 e. The molecular weight excluding hydrogens is 486 g/mol. The maximum atomic E-state index is 10.3. The van der Waals surface area contributed by atoms with Crippen LogP contribution in [0.15, 0.2) is 42.5 Å². The van der Waals surface area contributed by atoms with Gasteiger partial charge in [-0.2, -0.15) is 71.3 Å². The van der Waals surface area contributed by atoms with Gasteiger partial charge in [0.2, 0.25) is 0 Å². The Morgan fingerprint density at radius 2 is 1.33 bits per heavy atom. The predicted octanol–water partition coefficient (Wildman–Crippen LogP) is 4.83. The molecule has 0 atom stereocenters. The van der Waals surface area contributed by atoms with Crippen LogP contribution in [-0.2, 0) is 85.8 Å². The van der Waals surface area contributed by atoms with Gasteiger partial charge in [-0.15, -0.1) is 12.8 Å². The predicted molar refractivity (Wildman–Crippen MR) is 102 cm³/mol. The smallest absolute Gasteiger partial charge is 0 e. The van der Waals surface area contributed by atoms with Crippen molar-refractivity contribution in [2.24, 2.45) is 0 Å². The van der Waals surface area contributed by atoms with Gasteiger partial charge in [0, 0.05) is 65.4 Å². The van der Waals surface area contributed by atoms with Gasteiger partial charge in [-0.3, -0.25) is 12.6 Å². The molecule has 2 nitrogen and oxygen atoms in total. The second-order valence-electron chi connectivity index (χ2n) is 7.47. The normalized spacial score (nSPS) is 10.4. The van der Waals surface area contributed by atoms with E-state index in [1.54, 1.807) is 0 Å². The van der Waals surface area contributed by atoms with Crippen LogP contribution in [0.4, 0.5) is 0 Å². The van der Waals surface area contributed by atoms with Crippen molar-refractivity contribution in [2.75, 3.05) is 0 Å². The van der Waals surface area contributed by atoms with Gasteiger partial charge in [0.15, 0.2) is 0 Å². The molecule has 0 saturated carbocycles. The number of hydrogen-bond acceptors (Lipinski definition) is 2. The van der Waals surface area contributed by atoms with E-state index in [1.165, 1.54) is 5.56 Å². The Labute approximate surface area is 215 Å². The monoisotopic (exact) mass is 512 g/mol. The molecule has 0 heterocycles. The summed E-state index contributed by atoms with van der Waals surface area (Å²) in [5, 5.41) is 0. The molecule has 140 valence electrons. The molecule has 0 unspecified atom stereocenters. The van der Waals surface area contributed by atoms with E-state index in [1.807, 2.05) is 83.6 Å². The molecule has 0 aliphatic heterocycles. The van der Waals surface area contributed by atoms with Crippen molar-refractivity contribution in [1.29, 1.82) is 0 Å². The van der Waals surface area contributed by atoms with Crippen LogP contribution in [0.25, 0.3) is 0 Å². The molecule has 0 saturated heterocycles. The summed E-state index contributed by atoms with van der Waals surface area (Å²) in [5.74, 6) is 0. The zero-order valence-electron chi connectivity index (χ0n) is 16.9. The van der Waals surface area contributed by atoms with Crippen LogP contribution in [0.3, 0.4) is 0 Å². The van der Waals surface area contributed by atoms with Crippen molar-refractivity contribution in [2.45, 2.75) is 58.3 Å². The fourth-order valence-electron chi connectivity index (χ4n) is 2.34. The quantitative estimate of drug-likeness (QED) is 0.520. The van der Waals surface area contributed by atoms with Crippen LogP contribution in [-0.4, -0.2) is 12.6 Å². The topological polar surface area (TPSA) is 34.1 Å². The molecule has 0 aromatic heterocycles. The van der Waals surface area contributed by atoms with Crippen LogP contribution in [0.2, 0.25) is 0 Å². The van der Waals surface area contributed by atoms with Crippen LogP contribution in [0.5, 0.6) is 0 Å². The summed E-state index contributed by atoms with van der Waals surface area (Å²) in [6, 6.07) is 20.0. The first-order chi connectivity index (χ1) is 11.7. The van der Waals surface area contributed by atoms with Crippen molar-refractivity contribution in [1.82, 2.24) is 0 Å². The molecule has 2 radical (unpaired) electrons. The van der Waals surface area contributed by atoms with Gasteiger partial charge in [-0.1, -0.05) is 45.4 Å². The average Bonchev–Trinajstić information content (AvgIpc) is 2.56. The molecule has 0 aliphatic carbocycles. The first kappa shape index (κ1) is 29.2. The minimum absolute atomic E-state index is 0. The van der Waals surface area contributed by atoms with Crippen molar-refractivity contribution in [3.8, 4) is 0 Å². The van der Waals surface area contributed by atoms with Gasteiger partial charge in [0.1, 0.15) is 0 Å². The third-order valence-electron chi connectivity index (χ3n) is 4.15. The van der Waals surface area contributed by atoms with Gasteiger partial charge >= 0.3 is 0 Å². The average molecular weight is 512 g/mol. The van der Waals surface area contributed by atoms with Crippen molar-refractivity contribution < 1.29 is 75.0 Å². The maximum absolute atomic E-state index is 10.3. The third-order valence-corrected chi connectivity index (χ3v) is 4.15.